The van der Waals surface area contributed by atoms with Crippen molar-refractivity contribution in [1.82, 2.24) is 9.97 Å². The van der Waals surface area contributed by atoms with Crippen LogP contribution in [0.25, 0.3) is 11.4 Å². The van der Waals surface area contributed by atoms with Crippen LogP contribution in [0.2, 0.25) is 0 Å². The molecule has 0 atom stereocenters. The zero-order valence-electron chi connectivity index (χ0n) is 14.5. The van der Waals surface area contributed by atoms with Gasteiger partial charge in [-0.15, -0.1) is 0 Å². The summed E-state index contributed by atoms with van der Waals surface area (Å²) in [5.41, 5.74) is 1.90. The molecular formula is C20H22N4O. The van der Waals surface area contributed by atoms with Crippen LogP contribution in [-0.2, 0) is 0 Å². The molecule has 0 spiro atoms. The quantitative estimate of drug-likeness (QED) is 0.655. The first-order valence-electron chi connectivity index (χ1n) is 8.38. The number of nitrogens with one attached hydrogen (secondary N) is 2. The van der Waals surface area contributed by atoms with Crippen LogP contribution in [0.15, 0.2) is 60.7 Å². The third kappa shape index (κ3) is 4.47. The third-order valence-electron chi connectivity index (χ3n) is 3.66. The Labute approximate surface area is 148 Å². The summed E-state index contributed by atoms with van der Waals surface area (Å²) in [5, 5.41) is 6.67. The fraction of sp³-hybridized carbons (Fsp3) is 0.200. The lowest BCUT2D eigenvalue weighted by Gasteiger charge is -2.12. The molecule has 0 aliphatic heterocycles. The number of ether oxygens (including phenoxy) is 1. The molecule has 0 bridgehead atoms. The second-order valence-corrected chi connectivity index (χ2v) is 5.61. The summed E-state index contributed by atoms with van der Waals surface area (Å²) in [6, 6.07) is 19.7. The van der Waals surface area contributed by atoms with Crippen molar-refractivity contribution in [3.63, 3.8) is 0 Å². The minimum atomic E-state index is 0.687. The predicted octanol–water partition coefficient (Wildman–Crippen LogP) is 4.72. The molecule has 2 N–H and O–H groups in total. The highest BCUT2D eigenvalue weighted by Crippen LogP contribution is 2.24. The van der Waals surface area contributed by atoms with E-state index < -0.39 is 0 Å². The van der Waals surface area contributed by atoms with Crippen LogP contribution in [0.3, 0.4) is 0 Å². The van der Waals surface area contributed by atoms with E-state index in [9.17, 15) is 0 Å². The number of rotatable bonds is 7. The van der Waals surface area contributed by atoms with Crippen molar-refractivity contribution in [3.05, 3.63) is 60.7 Å². The topological polar surface area (TPSA) is 59.1 Å². The van der Waals surface area contributed by atoms with Crippen LogP contribution in [0.5, 0.6) is 5.75 Å². The molecule has 1 aromatic heterocycles. The van der Waals surface area contributed by atoms with Gasteiger partial charge in [-0.1, -0.05) is 43.3 Å². The minimum absolute atomic E-state index is 0.687. The molecule has 5 heteroatoms. The number of hydrogen-bond donors (Lipinski definition) is 2. The maximum absolute atomic E-state index is 5.28. The SMILES string of the molecule is CCCNc1cc(Nc2cccc(OC)c2)nc(-c2ccccc2)n1. The minimum Gasteiger partial charge on any atom is -0.497 e. The van der Waals surface area contributed by atoms with Crippen molar-refractivity contribution < 1.29 is 4.74 Å². The third-order valence-corrected chi connectivity index (χ3v) is 3.66. The van der Waals surface area contributed by atoms with Gasteiger partial charge in [0.25, 0.3) is 0 Å². The Morgan fingerprint density at radius 1 is 0.920 bits per heavy atom. The van der Waals surface area contributed by atoms with Crippen molar-refractivity contribution in [3.8, 4) is 17.1 Å². The van der Waals surface area contributed by atoms with Gasteiger partial charge in [0, 0.05) is 29.9 Å². The summed E-state index contributed by atoms with van der Waals surface area (Å²) < 4.78 is 5.28. The molecule has 2 aromatic carbocycles. The van der Waals surface area contributed by atoms with E-state index in [4.69, 9.17) is 4.74 Å². The molecule has 0 saturated carbocycles. The van der Waals surface area contributed by atoms with E-state index in [-0.39, 0.29) is 0 Å². The lowest BCUT2D eigenvalue weighted by atomic mass is 10.2. The van der Waals surface area contributed by atoms with Gasteiger partial charge in [0.05, 0.1) is 7.11 Å². The van der Waals surface area contributed by atoms with Gasteiger partial charge >= 0.3 is 0 Å². The van der Waals surface area contributed by atoms with E-state index in [0.29, 0.717) is 5.82 Å². The summed E-state index contributed by atoms with van der Waals surface area (Å²) in [6.45, 7) is 2.99. The monoisotopic (exact) mass is 334 g/mol. The molecule has 0 saturated heterocycles. The molecule has 128 valence electrons. The number of nitrogens with zero attached hydrogens (tertiary/aromatic N) is 2. The van der Waals surface area contributed by atoms with Gasteiger partial charge in [-0.05, 0) is 18.6 Å². The van der Waals surface area contributed by atoms with Crippen LogP contribution in [0, 0.1) is 0 Å². The van der Waals surface area contributed by atoms with E-state index in [1.54, 1.807) is 7.11 Å². The lowest BCUT2D eigenvalue weighted by Crippen LogP contribution is -2.05. The Morgan fingerprint density at radius 2 is 1.72 bits per heavy atom. The molecule has 3 rings (SSSR count). The summed E-state index contributed by atoms with van der Waals surface area (Å²) in [6.07, 6.45) is 1.03. The zero-order chi connectivity index (χ0) is 17.5. The maximum atomic E-state index is 5.28. The highest BCUT2D eigenvalue weighted by Gasteiger charge is 2.07. The van der Waals surface area contributed by atoms with Crippen molar-refractivity contribution in [2.45, 2.75) is 13.3 Å². The van der Waals surface area contributed by atoms with Crippen LogP contribution < -0.4 is 15.4 Å². The Bertz CT molecular complexity index is 821. The molecule has 0 amide bonds. The van der Waals surface area contributed by atoms with E-state index in [0.717, 1.165) is 41.6 Å². The second-order valence-electron chi connectivity index (χ2n) is 5.61. The molecule has 1 heterocycles. The highest BCUT2D eigenvalue weighted by atomic mass is 16.5. The molecule has 25 heavy (non-hydrogen) atoms. The highest BCUT2D eigenvalue weighted by molar-refractivity contribution is 5.65. The van der Waals surface area contributed by atoms with Gasteiger partial charge in [0.15, 0.2) is 5.82 Å². The molecular weight excluding hydrogens is 312 g/mol. The first kappa shape index (κ1) is 16.8. The lowest BCUT2D eigenvalue weighted by molar-refractivity contribution is 0.415. The fourth-order valence-electron chi connectivity index (χ4n) is 2.42. The average molecular weight is 334 g/mol. The van der Waals surface area contributed by atoms with E-state index in [2.05, 4.69) is 27.5 Å². The molecule has 0 aliphatic carbocycles. The summed E-state index contributed by atoms with van der Waals surface area (Å²) in [4.78, 5) is 9.29. The molecule has 3 aromatic rings. The van der Waals surface area contributed by atoms with Crippen LogP contribution in [-0.4, -0.2) is 23.6 Å². The van der Waals surface area contributed by atoms with Crippen molar-refractivity contribution in [1.29, 1.82) is 0 Å². The van der Waals surface area contributed by atoms with E-state index in [1.165, 1.54) is 0 Å². The smallest absolute Gasteiger partial charge is 0.163 e. The fourth-order valence-corrected chi connectivity index (χ4v) is 2.42. The summed E-state index contributed by atoms with van der Waals surface area (Å²) in [7, 11) is 1.66. The van der Waals surface area contributed by atoms with Gasteiger partial charge < -0.3 is 15.4 Å². The molecule has 0 radical (unpaired) electrons. The zero-order valence-corrected chi connectivity index (χ0v) is 14.5. The number of anilines is 3. The average Bonchev–Trinajstić information content (AvgIpc) is 2.67. The van der Waals surface area contributed by atoms with Crippen molar-refractivity contribution >= 4 is 17.3 Å². The van der Waals surface area contributed by atoms with Gasteiger partial charge in [-0.25, -0.2) is 9.97 Å². The number of methoxy groups -OCH3 is 1. The predicted molar refractivity (Wildman–Crippen MR) is 103 cm³/mol. The maximum Gasteiger partial charge on any atom is 0.163 e. The largest absolute Gasteiger partial charge is 0.497 e. The van der Waals surface area contributed by atoms with Crippen molar-refractivity contribution in [2.75, 3.05) is 24.3 Å². The normalized spacial score (nSPS) is 10.3. The number of aromatic nitrogens is 2. The van der Waals surface area contributed by atoms with Gasteiger partial charge in [0.1, 0.15) is 17.4 Å². The summed E-state index contributed by atoms with van der Waals surface area (Å²) in [5.74, 6) is 3.03. The summed E-state index contributed by atoms with van der Waals surface area (Å²) >= 11 is 0. The first-order valence-corrected chi connectivity index (χ1v) is 8.38. The Morgan fingerprint density at radius 3 is 2.48 bits per heavy atom. The molecule has 0 unspecified atom stereocenters. The number of benzene rings is 2. The van der Waals surface area contributed by atoms with Crippen LogP contribution in [0.1, 0.15) is 13.3 Å². The molecule has 5 nitrogen and oxygen atoms in total. The standard InChI is InChI=1S/C20H22N4O/c1-3-12-21-18-14-19(22-16-10-7-11-17(13-16)25-2)24-20(23-18)15-8-5-4-6-9-15/h4-11,13-14H,3,12H2,1-2H3,(H2,21,22,23,24). The Kier molecular flexibility index (Phi) is 5.46. The molecule has 0 fully saturated rings. The molecule has 0 aliphatic rings. The second kappa shape index (κ2) is 8.15. The first-order chi connectivity index (χ1) is 12.3. The Balaban J connectivity index is 1.93. The van der Waals surface area contributed by atoms with Crippen LogP contribution in [0.4, 0.5) is 17.3 Å². The Hall–Kier alpha value is -3.08. The van der Waals surface area contributed by atoms with Crippen LogP contribution >= 0.6 is 0 Å². The van der Waals surface area contributed by atoms with Crippen molar-refractivity contribution in [2.24, 2.45) is 0 Å². The number of hydrogen-bond acceptors (Lipinski definition) is 5. The van der Waals surface area contributed by atoms with E-state index >= 15 is 0 Å². The van der Waals surface area contributed by atoms with Gasteiger partial charge in [-0.3, -0.25) is 0 Å². The van der Waals surface area contributed by atoms with Gasteiger partial charge in [-0.2, -0.15) is 0 Å². The van der Waals surface area contributed by atoms with E-state index in [1.807, 2.05) is 60.7 Å². The van der Waals surface area contributed by atoms with Gasteiger partial charge in [0.2, 0.25) is 0 Å².